The largest absolute Gasteiger partial charge is 0.463 e. The summed E-state index contributed by atoms with van der Waals surface area (Å²) in [6.45, 7) is 2.95. The lowest BCUT2D eigenvalue weighted by atomic mass is 10.1. The van der Waals surface area contributed by atoms with Crippen LogP contribution in [0.3, 0.4) is 0 Å². The van der Waals surface area contributed by atoms with Crippen molar-refractivity contribution in [3.63, 3.8) is 0 Å². The summed E-state index contributed by atoms with van der Waals surface area (Å²) in [5.74, 6) is 1.15. The molecule has 0 amide bonds. The van der Waals surface area contributed by atoms with Gasteiger partial charge in [0.05, 0.1) is 29.8 Å². The summed E-state index contributed by atoms with van der Waals surface area (Å²) in [6, 6.07) is 8.50. The van der Waals surface area contributed by atoms with Gasteiger partial charge in [0.25, 0.3) is 0 Å². The molecule has 32 heavy (non-hydrogen) atoms. The second-order valence-electron chi connectivity index (χ2n) is 7.29. The lowest BCUT2D eigenvalue weighted by Crippen LogP contribution is -2.37. The number of primary sulfonamides is 1. The number of nitrogens with zero attached hydrogens (tertiary/aromatic N) is 4. The van der Waals surface area contributed by atoms with Crippen molar-refractivity contribution in [3.05, 3.63) is 48.5 Å². The quantitative estimate of drug-likeness (QED) is 0.394. The number of rotatable bonds is 6. The molecule has 0 spiro atoms. The van der Waals surface area contributed by atoms with Gasteiger partial charge >= 0.3 is 0 Å². The van der Waals surface area contributed by atoms with Crippen molar-refractivity contribution in [2.24, 2.45) is 5.14 Å². The van der Waals surface area contributed by atoms with Crippen LogP contribution in [0, 0.1) is 0 Å². The second-order valence-corrected chi connectivity index (χ2v) is 8.85. The predicted molar refractivity (Wildman–Crippen MR) is 118 cm³/mol. The minimum atomic E-state index is -3.84. The Morgan fingerprint density at radius 3 is 2.78 bits per heavy atom. The lowest BCUT2D eigenvalue weighted by Gasteiger charge is -2.31. The van der Waals surface area contributed by atoms with E-state index < -0.39 is 10.0 Å². The Bertz CT molecular complexity index is 1350. The van der Waals surface area contributed by atoms with E-state index in [1.54, 1.807) is 24.5 Å². The molecule has 0 aliphatic carbocycles. The molecule has 1 aliphatic heterocycles. The van der Waals surface area contributed by atoms with Crippen molar-refractivity contribution in [1.82, 2.24) is 20.2 Å². The van der Waals surface area contributed by atoms with Crippen molar-refractivity contribution < 1.29 is 17.6 Å². The summed E-state index contributed by atoms with van der Waals surface area (Å²) < 4.78 is 34.8. The second kappa shape index (κ2) is 8.22. The van der Waals surface area contributed by atoms with Crippen LogP contribution in [0.25, 0.3) is 22.5 Å². The fourth-order valence-electron chi connectivity index (χ4n) is 3.76. The average molecular weight is 456 g/mol. The van der Waals surface area contributed by atoms with E-state index in [0.29, 0.717) is 61.2 Å². The van der Waals surface area contributed by atoms with Crippen LogP contribution in [0.2, 0.25) is 0 Å². The molecule has 0 bridgehead atoms. The number of H-pyrrole nitrogens is 1. The van der Waals surface area contributed by atoms with Crippen molar-refractivity contribution in [1.29, 1.82) is 0 Å². The lowest BCUT2D eigenvalue weighted by molar-refractivity contribution is 0.122. The van der Waals surface area contributed by atoms with Gasteiger partial charge in [-0.2, -0.15) is 5.10 Å². The minimum absolute atomic E-state index is 0.0544. The van der Waals surface area contributed by atoms with E-state index in [0.717, 1.165) is 11.3 Å². The maximum Gasteiger partial charge on any atom is 0.238 e. The van der Waals surface area contributed by atoms with Gasteiger partial charge in [-0.25, -0.2) is 23.5 Å². The standard InChI is InChI=1S/C20H21N7O4S/c21-32(28,29)14-3-4-15(27-5-8-30-9-6-27)13(10-14)11-22-19-17-18(16-2-1-7-31-16)25-26-20(17)24-12-23-19/h1-4,7,10,12H,5-6,8-9,11H2,(H2,21,28,29)(H2,22,23,24,25,26). The van der Waals surface area contributed by atoms with E-state index in [1.165, 1.54) is 12.4 Å². The van der Waals surface area contributed by atoms with Crippen LogP contribution in [0.1, 0.15) is 5.56 Å². The Morgan fingerprint density at radius 1 is 1.19 bits per heavy atom. The molecule has 4 aromatic rings. The Kier molecular flexibility index (Phi) is 5.25. The van der Waals surface area contributed by atoms with E-state index in [9.17, 15) is 8.42 Å². The molecule has 1 fully saturated rings. The smallest absolute Gasteiger partial charge is 0.238 e. The van der Waals surface area contributed by atoms with Crippen LogP contribution in [0.4, 0.5) is 11.5 Å². The van der Waals surface area contributed by atoms with E-state index in [1.807, 2.05) is 6.07 Å². The molecule has 4 heterocycles. The number of aromatic amines is 1. The number of aromatic nitrogens is 4. The van der Waals surface area contributed by atoms with E-state index >= 15 is 0 Å². The fraction of sp³-hybridized carbons (Fsp3) is 0.250. The van der Waals surface area contributed by atoms with Crippen LogP contribution in [-0.2, 0) is 21.3 Å². The molecule has 0 atom stereocenters. The molecular weight excluding hydrogens is 434 g/mol. The van der Waals surface area contributed by atoms with Crippen LogP contribution in [-0.4, -0.2) is 54.9 Å². The first-order valence-corrected chi connectivity index (χ1v) is 11.5. The molecule has 3 aromatic heterocycles. The zero-order chi connectivity index (χ0) is 22.1. The van der Waals surface area contributed by atoms with Gasteiger partial charge in [-0.3, -0.25) is 5.10 Å². The van der Waals surface area contributed by atoms with E-state index in [4.69, 9.17) is 14.3 Å². The van der Waals surface area contributed by atoms with Crippen molar-refractivity contribution in [2.45, 2.75) is 11.4 Å². The topological polar surface area (TPSA) is 152 Å². The number of fused-ring (bicyclic) bond motifs is 1. The summed E-state index contributed by atoms with van der Waals surface area (Å²) in [4.78, 5) is 10.8. The van der Waals surface area contributed by atoms with Gasteiger partial charge in [0.2, 0.25) is 10.0 Å². The molecule has 0 saturated carbocycles. The highest BCUT2D eigenvalue weighted by atomic mass is 32.2. The number of sulfonamides is 1. The number of nitrogens with one attached hydrogen (secondary N) is 2. The van der Waals surface area contributed by atoms with E-state index in [-0.39, 0.29) is 4.90 Å². The highest BCUT2D eigenvalue weighted by Gasteiger charge is 2.20. The van der Waals surface area contributed by atoms with Gasteiger partial charge in [0, 0.05) is 25.3 Å². The number of hydrogen-bond donors (Lipinski definition) is 3. The number of anilines is 2. The number of hydrogen-bond acceptors (Lipinski definition) is 9. The normalized spacial score (nSPS) is 14.7. The Labute approximate surface area is 183 Å². The van der Waals surface area contributed by atoms with Crippen LogP contribution in [0.5, 0.6) is 0 Å². The van der Waals surface area contributed by atoms with Gasteiger partial charge < -0.3 is 19.4 Å². The zero-order valence-electron chi connectivity index (χ0n) is 17.0. The Morgan fingerprint density at radius 2 is 2.03 bits per heavy atom. The molecule has 0 unspecified atom stereocenters. The number of ether oxygens (including phenoxy) is 1. The number of benzene rings is 1. The van der Waals surface area contributed by atoms with Gasteiger partial charge in [0.15, 0.2) is 11.4 Å². The molecule has 1 aromatic carbocycles. The van der Waals surface area contributed by atoms with Crippen LogP contribution in [0.15, 0.2) is 52.2 Å². The highest BCUT2D eigenvalue weighted by molar-refractivity contribution is 7.89. The summed E-state index contributed by atoms with van der Waals surface area (Å²) in [6.07, 6.45) is 2.99. The average Bonchev–Trinajstić information content (AvgIpc) is 3.47. The monoisotopic (exact) mass is 455 g/mol. The van der Waals surface area contributed by atoms with Crippen LogP contribution < -0.4 is 15.4 Å². The van der Waals surface area contributed by atoms with Gasteiger partial charge in [0.1, 0.15) is 17.8 Å². The summed E-state index contributed by atoms with van der Waals surface area (Å²) in [5.41, 5.74) is 2.82. The maximum absolute atomic E-state index is 11.9. The first-order valence-electron chi connectivity index (χ1n) is 9.96. The number of nitrogens with two attached hydrogens (primary N) is 1. The summed E-state index contributed by atoms with van der Waals surface area (Å²) in [5, 5.41) is 16.5. The van der Waals surface area contributed by atoms with E-state index in [2.05, 4.69) is 30.4 Å². The molecule has 166 valence electrons. The first-order chi connectivity index (χ1) is 15.5. The third-order valence-corrected chi connectivity index (χ3v) is 6.21. The highest BCUT2D eigenvalue weighted by Crippen LogP contribution is 2.31. The van der Waals surface area contributed by atoms with Crippen molar-refractivity contribution in [3.8, 4) is 11.5 Å². The molecule has 1 saturated heterocycles. The predicted octanol–water partition coefficient (Wildman–Crippen LogP) is 1.71. The molecule has 0 radical (unpaired) electrons. The maximum atomic E-state index is 11.9. The SMILES string of the molecule is NS(=O)(=O)c1ccc(N2CCOCC2)c(CNc2ncnc3n[nH]c(-c4ccco4)c23)c1. The van der Waals surface area contributed by atoms with Crippen molar-refractivity contribution in [2.75, 3.05) is 36.5 Å². The molecular formula is C20H21N7O4S. The first kappa shape index (κ1) is 20.4. The number of furan rings is 1. The van der Waals surface area contributed by atoms with Crippen molar-refractivity contribution >= 4 is 32.6 Å². The number of morpholine rings is 1. The van der Waals surface area contributed by atoms with Gasteiger partial charge in [-0.05, 0) is 35.9 Å². The zero-order valence-corrected chi connectivity index (χ0v) is 17.8. The molecule has 4 N–H and O–H groups in total. The summed E-state index contributed by atoms with van der Waals surface area (Å²) in [7, 11) is -3.84. The summed E-state index contributed by atoms with van der Waals surface area (Å²) >= 11 is 0. The Balaban J connectivity index is 1.51. The third-order valence-electron chi connectivity index (χ3n) is 5.30. The fourth-order valence-corrected chi connectivity index (χ4v) is 4.33. The Hall–Kier alpha value is -3.48. The third kappa shape index (κ3) is 3.90. The molecule has 11 nitrogen and oxygen atoms in total. The molecule has 12 heteroatoms. The van der Waals surface area contributed by atoms with Crippen LogP contribution >= 0.6 is 0 Å². The minimum Gasteiger partial charge on any atom is -0.463 e. The van der Waals surface area contributed by atoms with Gasteiger partial charge in [-0.15, -0.1) is 0 Å². The molecule has 1 aliphatic rings. The molecule has 5 rings (SSSR count). The van der Waals surface area contributed by atoms with Gasteiger partial charge in [-0.1, -0.05) is 0 Å².